The van der Waals surface area contributed by atoms with Gasteiger partial charge in [0, 0.05) is 17.6 Å². The number of hydrogen-bond donors (Lipinski definition) is 0. The molecular formula is C22H32O4. The zero-order valence-electron chi connectivity index (χ0n) is 17.2. The third-order valence-electron chi connectivity index (χ3n) is 3.91. The van der Waals surface area contributed by atoms with E-state index < -0.39 is 0 Å². The lowest BCUT2D eigenvalue weighted by Gasteiger charge is -2.19. The molecule has 0 radical (unpaired) electrons. The molecule has 1 aliphatic rings. The van der Waals surface area contributed by atoms with Crippen molar-refractivity contribution in [3.63, 3.8) is 0 Å². The molecule has 144 valence electrons. The first-order chi connectivity index (χ1) is 12.2. The van der Waals surface area contributed by atoms with Gasteiger partial charge in [-0.1, -0.05) is 31.9 Å². The van der Waals surface area contributed by atoms with Crippen molar-refractivity contribution >= 4 is 11.6 Å². The zero-order chi connectivity index (χ0) is 20.3. The van der Waals surface area contributed by atoms with Crippen molar-refractivity contribution in [1.29, 1.82) is 0 Å². The third kappa shape index (κ3) is 7.31. The minimum atomic E-state index is -0.286. The van der Waals surface area contributed by atoms with E-state index in [1.165, 1.54) is 27.1 Å². The summed E-state index contributed by atoms with van der Waals surface area (Å²) in [6.07, 6.45) is 10.8. The Bertz CT molecular complexity index is 636. The smallest absolute Gasteiger partial charge is 0.228 e. The van der Waals surface area contributed by atoms with E-state index in [4.69, 9.17) is 15.9 Å². The van der Waals surface area contributed by atoms with E-state index >= 15 is 0 Å². The van der Waals surface area contributed by atoms with Crippen molar-refractivity contribution < 1.29 is 19.1 Å². The average molecular weight is 360 g/mol. The minimum Gasteiger partial charge on any atom is -0.489 e. The van der Waals surface area contributed by atoms with Crippen LogP contribution in [0.3, 0.4) is 0 Å². The maximum Gasteiger partial charge on any atom is 0.228 e. The molecule has 0 bridgehead atoms. The van der Waals surface area contributed by atoms with Crippen LogP contribution < -0.4 is 0 Å². The second-order valence-corrected chi connectivity index (χ2v) is 6.80. The van der Waals surface area contributed by atoms with Crippen molar-refractivity contribution in [2.75, 3.05) is 14.2 Å². The van der Waals surface area contributed by atoms with E-state index in [-0.39, 0.29) is 23.1 Å². The summed E-state index contributed by atoms with van der Waals surface area (Å²) in [6, 6.07) is 0. The predicted molar refractivity (Wildman–Crippen MR) is 105 cm³/mol. The third-order valence-corrected chi connectivity index (χ3v) is 3.91. The molecule has 0 spiro atoms. The number of methoxy groups -OCH3 is 2. The van der Waals surface area contributed by atoms with E-state index in [2.05, 4.69) is 19.8 Å². The summed E-state index contributed by atoms with van der Waals surface area (Å²) in [7, 11) is 2.71. The first-order valence-corrected chi connectivity index (χ1v) is 8.89. The minimum absolute atomic E-state index is 0.00902. The van der Waals surface area contributed by atoms with Crippen LogP contribution >= 0.6 is 0 Å². The highest BCUT2D eigenvalue weighted by Gasteiger charge is 2.33. The van der Waals surface area contributed by atoms with Crippen LogP contribution in [-0.2, 0) is 19.1 Å². The molecular weight excluding hydrogens is 328 g/mol. The topological polar surface area (TPSA) is 52.6 Å². The molecule has 4 heteroatoms. The van der Waals surface area contributed by atoms with E-state index in [1.807, 2.05) is 19.9 Å². The van der Waals surface area contributed by atoms with E-state index in [9.17, 15) is 9.59 Å². The fourth-order valence-corrected chi connectivity index (χ4v) is 2.36. The normalized spacial score (nSPS) is 14.0. The van der Waals surface area contributed by atoms with Crippen LogP contribution in [0.2, 0.25) is 0 Å². The van der Waals surface area contributed by atoms with E-state index in [0.717, 1.165) is 17.9 Å². The van der Waals surface area contributed by atoms with Crippen LogP contribution in [0.15, 0.2) is 34.3 Å². The van der Waals surface area contributed by atoms with Crippen molar-refractivity contribution in [3.8, 4) is 12.3 Å². The lowest BCUT2D eigenvalue weighted by molar-refractivity contribution is -0.121. The molecule has 1 aliphatic carbocycles. The summed E-state index contributed by atoms with van der Waals surface area (Å²) in [4.78, 5) is 24.2. The van der Waals surface area contributed by atoms with Crippen LogP contribution in [0.5, 0.6) is 0 Å². The highest BCUT2D eigenvalue weighted by Crippen LogP contribution is 2.27. The Labute approximate surface area is 158 Å². The highest BCUT2D eigenvalue weighted by atomic mass is 16.5. The standard InChI is InChI=1S/C14H18O4.C8H14/c1-8(2)6-7-10-9(3)11(15)13(17-4)14(18-5)12(10)16;1-4-5-6-7-8(2)3/h6H,7H2,1-5H3;1,8H,5-7H2,2-3H3. The molecule has 4 nitrogen and oxygen atoms in total. The van der Waals surface area contributed by atoms with E-state index in [1.54, 1.807) is 6.92 Å². The molecule has 0 aromatic heterocycles. The Hall–Kier alpha value is -2.28. The summed E-state index contributed by atoms with van der Waals surface area (Å²) < 4.78 is 9.95. The molecule has 0 saturated heterocycles. The maximum atomic E-state index is 12.2. The molecule has 0 amide bonds. The Morgan fingerprint density at radius 1 is 1.12 bits per heavy atom. The van der Waals surface area contributed by atoms with Gasteiger partial charge < -0.3 is 9.47 Å². The van der Waals surface area contributed by atoms with Crippen molar-refractivity contribution in [2.45, 2.75) is 60.3 Å². The zero-order valence-corrected chi connectivity index (χ0v) is 17.2. The van der Waals surface area contributed by atoms with Crippen LogP contribution in [-0.4, -0.2) is 25.8 Å². The lowest BCUT2D eigenvalue weighted by atomic mass is 9.90. The van der Waals surface area contributed by atoms with Crippen LogP contribution in [0.1, 0.15) is 60.3 Å². The Morgan fingerprint density at radius 3 is 2.08 bits per heavy atom. The number of carbonyl (C=O) groups is 2. The molecule has 0 aromatic rings. The van der Waals surface area contributed by atoms with Crippen LogP contribution in [0, 0.1) is 18.3 Å². The number of ketones is 2. The second-order valence-electron chi connectivity index (χ2n) is 6.80. The Balaban J connectivity index is 0.000000660. The molecule has 0 unspecified atom stereocenters. The quantitative estimate of drug-likeness (QED) is 0.284. The molecule has 0 aliphatic heterocycles. The molecule has 0 heterocycles. The summed E-state index contributed by atoms with van der Waals surface area (Å²) in [5, 5.41) is 0. The number of ether oxygens (including phenoxy) is 2. The molecule has 0 aromatic carbocycles. The van der Waals surface area contributed by atoms with Crippen molar-refractivity contribution in [3.05, 3.63) is 34.3 Å². The van der Waals surface area contributed by atoms with Gasteiger partial charge in [-0.3, -0.25) is 9.59 Å². The number of carbonyl (C=O) groups excluding carboxylic acids is 2. The summed E-state index contributed by atoms with van der Waals surface area (Å²) in [6.45, 7) is 9.96. The number of terminal acetylenes is 1. The van der Waals surface area contributed by atoms with Gasteiger partial charge in [0.05, 0.1) is 14.2 Å². The molecule has 26 heavy (non-hydrogen) atoms. The number of hydrogen-bond acceptors (Lipinski definition) is 4. The van der Waals surface area contributed by atoms with Gasteiger partial charge in [-0.2, -0.15) is 0 Å². The van der Waals surface area contributed by atoms with Gasteiger partial charge in [-0.05, 0) is 39.5 Å². The number of rotatable bonds is 7. The number of Topliss-reactive ketones (excluding diaryl/α,β-unsaturated/α-hetero) is 2. The second kappa shape index (κ2) is 12.1. The molecule has 0 N–H and O–H groups in total. The van der Waals surface area contributed by atoms with Crippen molar-refractivity contribution in [1.82, 2.24) is 0 Å². The van der Waals surface area contributed by atoms with Gasteiger partial charge in [0.15, 0.2) is 0 Å². The van der Waals surface area contributed by atoms with Gasteiger partial charge in [0.1, 0.15) is 0 Å². The molecule has 1 rings (SSSR count). The molecule has 0 fully saturated rings. The largest absolute Gasteiger partial charge is 0.489 e. The monoisotopic (exact) mass is 360 g/mol. The van der Waals surface area contributed by atoms with Crippen molar-refractivity contribution in [2.24, 2.45) is 5.92 Å². The maximum absolute atomic E-state index is 12.2. The van der Waals surface area contributed by atoms with Crippen LogP contribution in [0.4, 0.5) is 0 Å². The van der Waals surface area contributed by atoms with Gasteiger partial charge in [-0.15, -0.1) is 12.3 Å². The van der Waals surface area contributed by atoms with E-state index in [0.29, 0.717) is 17.6 Å². The molecule has 0 saturated carbocycles. The highest BCUT2D eigenvalue weighted by molar-refractivity contribution is 6.23. The SMILES string of the molecule is C#CCCCC(C)C.COC1=C(OC)C(=O)C(CC=C(C)C)=C(C)C1=O. The van der Waals surface area contributed by atoms with Gasteiger partial charge in [-0.25, -0.2) is 0 Å². The summed E-state index contributed by atoms with van der Waals surface area (Å²) >= 11 is 0. The lowest BCUT2D eigenvalue weighted by Crippen LogP contribution is -2.24. The Kier molecular flexibility index (Phi) is 11.1. The predicted octanol–water partition coefficient (Wildman–Crippen LogP) is 4.76. The van der Waals surface area contributed by atoms with Crippen LogP contribution in [0.25, 0.3) is 0 Å². The van der Waals surface area contributed by atoms with Gasteiger partial charge in [0.25, 0.3) is 0 Å². The van der Waals surface area contributed by atoms with Gasteiger partial charge in [0.2, 0.25) is 23.1 Å². The first-order valence-electron chi connectivity index (χ1n) is 8.89. The number of allylic oxidation sites excluding steroid dienone is 4. The summed E-state index contributed by atoms with van der Waals surface area (Å²) in [5.74, 6) is 2.85. The fourth-order valence-electron chi connectivity index (χ4n) is 2.36. The summed E-state index contributed by atoms with van der Waals surface area (Å²) in [5.41, 5.74) is 1.99. The number of unbranched alkanes of at least 4 members (excludes halogenated alkanes) is 1. The average Bonchev–Trinajstić information content (AvgIpc) is 2.58. The Morgan fingerprint density at radius 2 is 1.65 bits per heavy atom. The van der Waals surface area contributed by atoms with Gasteiger partial charge >= 0.3 is 0 Å². The fraction of sp³-hybridized carbons (Fsp3) is 0.545. The first kappa shape index (κ1) is 23.7. The molecule has 0 atom stereocenters.